The second-order valence-electron chi connectivity index (χ2n) is 7.37. The molecule has 1 atom stereocenters. The topological polar surface area (TPSA) is 140 Å². The molecule has 0 aliphatic heterocycles. The van der Waals surface area contributed by atoms with Crippen LogP contribution in [0.2, 0.25) is 0 Å². The van der Waals surface area contributed by atoms with Gasteiger partial charge in [0.15, 0.2) is 5.76 Å². The number of carbonyl (C=O) groups excluding carboxylic acids is 2. The van der Waals surface area contributed by atoms with Crippen LogP contribution in [0.5, 0.6) is 5.75 Å². The highest BCUT2D eigenvalue weighted by Gasteiger charge is 2.28. The second kappa shape index (κ2) is 11.6. The number of hydrogen-bond donors (Lipinski definition) is 3. The van der Waals surface area contributed by atoms with Gasteiger partial charge in [-0.25, -0.2) is 8.42 Å². The van der Waals surface area contributed by atoms with Crippen LogP contribution in [0.15, 0.2) is 33.7 Å². The molecule has 1 aromatic carbocycles. The molecule has 0 bridgehead atoms. The highest BCUT2D eigenvalue weighted by molar-refractivity contribution is 7.89. The van der Waals surface area contributed by atoms with E-state index >= 15 is 0 Å². The first kappa shape index (κ1) is 25.3. The van der Waals surface area contributed by atoms with Crippen molar-refractivity contribution in [2.24, 2.45) is 0 Å². The number of hydrogen-bond acceptors (Lipinski definition) is 7. The number of aryl methyl sites for hydroxylation is 2. The molecule has 0 aliphatic rings. The van der Waals surface area contributed by atoms with Crippen molar-refractivity contribution in [3.8, 4) is 5.75 Å². The molecule has 2 rings (SSSR count). The van der Waals surface area contributed by atoms with Gasteiger partial charge in [0.25, 0.3) is 11.8 Å². The number of ether oxygens (including phenoxy) is 1. The summed E-state index contributed by atoms with van der Waals surface area (Å²) in [6.07, 6.45) is 4.42. The van der Waals surface area contributed by atoms with Crippen molar-refractivity contribution in [1.29, 1.82) is 0 Å². The lowest BCUT2D eigenvalue weighted by atomic mass is 10.2. The second-order valence-corrected chi connectivity index (χ2v) is 9.02. The van der Waals surface area contributed by atoms with Gasteiger partial charge in [0.2, 0.25) is 10.0 Å². The van der Waals surface area contributed by atoms with Crippen LogP contribution in [0.25, 0.3) is 0 Å². The predicted molar refractivity (Wildman–Crippen MR) is 117 cm³/mol. The van der Waals surface area contributed by atoms with E-state index in [0.717, 1.165) is 19.3 Å². The number of rotatable bonds is 11. The summed E-state index contributed by atoms with van der Waals surface area (Å²) < 4.78 is 37.7. The fourth-order valence-corrected chi connectivity index (χ4v) is 4.46. The Balaban J connectivity index is 1.83. The third kappa shape index (κ3) is 7.06. The number of aromatic nitrogens is 1. The summed E-state index contributed by atoms with van der Waals surface area (Å²) >= 11 is 0. The summed E-state index contributed by atoms with van der Waals surface area (Å²) in [6, 6.07) is 5.35. The third-order valence-corrected chi connectivity index (χ3v) is 6.43. The van der Waals surface area contributed by atoms with Crippen LogP contribution in [-0.2, 0) is 14.8 Å². The van der Waals surface area contributed by atoms with Gasteiger partial charge in [-0.1, -0.05) is 31.3 Å². The van der Waals surface area contributed by atoms with Crippen LogP contribution in [-0.4, -0.2) is 38.0 Å². The summed E-state index contributed by atoms with van der Waals surface area (Å²) in [5, 5.41) is 3.60. The van der Waals surface area contributed by atoms with Crippen molar-refractivity contribution in [3.63, 3.8) is 0 Å². The Labute approximate surface area is 188 Å². The average molecular weight is 467 g/mol. The van der Waals surface area contributed by atoms with Crippen molar-refractivity contribution < 1.29 is 27.3 Å². The molecule has 10 nitrogen and oxygen atoms in total. The molecule has 0 fully saturated rings. The fraction of sp³-hybridized carbons (Fsp3) is 0.476. The van der Waals surface area contributed by atoms with Gasteiger partial charge in [-0.15, -0.1) is 0 Å². The van der Waals surface area contributed by atoms with Gasteiger partial charge in [0, 0.05) is 5.56 Å². The molecule has 0 aliphatic carbocycles. The molecule has 1 aromatic heterocycles. The summed E-state index contributed by atoms with van der Waals surface area (Å²) in [4.78, 5) is 24.4. The normalized spacial score (nSPS) is 12.2. The molecule has 2 aromatic rings. The molecule has 1 heterocycles. The van der Waals surface area contributed by atoms with E-state index in [1.807, 2.05) is 0 Å². The van der Waals surface area contributed by atoms with E-state index in [1.165, 1.54) is 27.2 Å². The van der Waals surface area contributed by atoms with Gasteiger partial charge in [-0.05, 0) is 51.5 Å². The third-order valence-electron chi connectivity index (χ3n) is 4.64. The number of hydrazine groups is 1. The van der Waals surface area contributed by atoms with Crippen molar-refractivity contribution >= 4 is 21.8 Å². The zero-order valence-corrected chi connectivity index (χ0v) is 19.5. The standard InChI is InChI=1S/C21H30N4O6S/c1-5-6-7-8-13-30-18-11-9-17(10-12-18)21(27)23-22-20(26)15(3)25-32(28,29)19-14(2)24-31-16(19)4/h9-12,15,25H,5-8,13H2,1-4H3,(H,22,26)(H,23,27)/t15-/m0/s1. The zero-order chi connectivity index (χ0) is 23.7. The molecule has 176 valence electrons. The average Bonchev–Trinajstić information content (AvgIpc) is 3.10. The molecule has 0 spiro atoms. The van der Waals surface area contributed by atoms with Crippen LogP contribution in [0.1, 0.15) is 61.3 Å². The van der Waals surface area contributed by atoms with Crippen LogP contribution in [0.4, 0.5) is 0 Å². The fourth-order valence-electron chi connectivity index (χ4n) is 2.92. The first-order chi connectivity index (χ1) is 15.2. The lowest BCUT2D eigenvalue weighted by molar-refractivity contribution is -0.123. The Morgan fingerprint density at radius 3 is 2.38 bits per heavy atom. The lowest BCUT2D eigenvalue weighted by Crippen LogP contribution is -2.51. The maximum atomic E-state index is 12.5. The summed E-state index contributed by atoms with van der Waals surface area (Å²) in [5.74, 6) is -0.511. The minimum atomic E-state index is -4.02. The number of amides is 2. The highest BCUT2D eigenvalue weighted by atomic mass is 32.2. The monoisotopic (exact) mass is 466 g/mol. The molecule has 0 saturated carbocycles. The molecule has 0 saturated heterocycles. The van der Waals surface area contributed by atoms with Gasteiger partial charge in [-0.2, -0.15) is 4.72 Å². The molecule has 0 unspecified atom stereocenters. The van der Waals surface area contributed by atoms with Crippen LogP contribution in [0.3, 0.4) is 0 Å². The van der Waals surface area contributed by atoms with Crippen molar-refractivity contribution in [1.82, 2.24) is 20.7 Å². The molecule has 2 amide bonds. The largest absolute Gasteiger partial charge is 0.494 e. The first-order valence-corrected chi connectivity index (χ1v) is 11.9. The highest BCUT2D eigenvalue weighted by Crippen LogP contribution is 2.19. The zero-order valence-electron chi connectivity index (χ0n) is 18.7. The number of nitrogens with one attached hydrogen (secondary N) is 3. The van der Waals surface area contributed by atoms with Crippen molar-refractivity contribution in [3.05, 3.63) is 41.3 Å². The first-order valence-electron chi connectivity index (χ1n) is 10.4. The minimum absolute atomic E-state index is 0.115. The van der Waals surface area contributed by atoms with Gasteiger partial charge in [0.05, 0.1) is 12.6 Å². The van der Waals surface area contributed by atoms with Gasteiger partial charge in [0.1, 0.15) is 16.3 Å². The molecule has 32 heavy (non-hydrogen) atoms. The number of sulfonamides is 1. The van der Waals surface area contributed by atoms with E-state index in [4.69, 9.17) is 9.26 Å². The number of benzene rings is 1. The van der Waals surface area contributed by atoms with Crippen molar-refractivity contribution in [2.45, 2.75) is 64.3 Å². The Morgan fingerprint density at radius 1 is 1.09 bits per heavy atom. The van der Waals surface area contributed by atoms with Crippen LogP contribution < -0.4 is 20.3 Å². The quantitative estimate of drug-likeness (QED) is 0.341. The lowest BCUT2D eigenvalue weighted by Gasteiger charge is -2.15. The summed E-state index contributed by atoms with van der Waals surface area (Å²) in [5.41, 5.74) is 4.97. The molecular weight excluding hydrogens is 436 g/mol. The Bertz CT molecular complexity index is 998. The smallest absolute Gasteiger partial charge is 0.269 e. The van der Waals surface area contributed by atoms with E-state index in [9.17, 15) is 18.0 Å². The van der Waals surface area contributed by atoms with Crippen molar-refractivity contribution in [2.75, 3.05) is 6.61 Å². The van der Waals surface area contributed by atoms with Gasteiger partial charge in [-0.3, -0.25) is 20.4 Å². The van der Waals surface area contributed by atoms with E-state index in [0.29, 0.717) is 17.9 Å². The predicted octanol–water partition coefficient (Wildman–Crippen LogP) is 2.38. The SMILES string of the molecule is CCCCCCOc1ccc(C(=O)NNC(=O)[C@H](C)NS(=O)(=O)c2c(C)noc2C)cc1. The van der Waals surface area contributed by atoms with E-state index in [2.05, 4.69) is 27.7 Å². The molecule has 0 radical (unpaired) electrons. The van der Waals surface area contributed by atoms with E-state index < -0.39 is 27.9 Å². The van der Waals surface area contributed by atoms with E-state index in [1.54, 1.807) is 24.3 Å². The van der Waals surface area contributed by atoms with Crippen LogP contribution in [0, 0.1) is 13.8 Å². The summed E-state index contributed by atoms with van der Waals surface area (Å²) in [6.45, 7) is 7.06. The summed E-state index contributed by atoms with van der Waals surface area (Å²) in [7, 11) is -4.02. The molecular formula is C21H30N4O6S. The number of unbranched alkanes of at least 4 members (excludes halogenated alkanes) is 3. The minimum Gasteiger partial charge on any atom is -0.494 e. The number of nitrogens with zero attached hydrogens (tertiary/aromatic N) is 1. The Hall–Kier alpha value is -2.92. The van der Waals surface area contributed by atoms with Crippen LogP contribution >= 0.6 is 0 Å². The van der Waals surface area contributed by atoms with Gasteiger partial charge < -0.3 is 9.26 Å². The maximum absolute atomic E-state index is 12.5. The molecule has 11 heteroatoms. The maximum Gasteiger partial charge on any atom is 0.269 e. The Morgan fingerprint density at radius 2 is 1.78 bits per heavy atom. The molecule has 3 N–H and O–H groups in total. The van der Waals surface area contributed by atoms with E-state index in [-0.39, 0.29) is 16.3 Å². The number of carbonyl (C=O) groups is 2. The Kier molecular flexibility index (Phi) is 9.21. The van der Waals surface area contributed by atoms with Gasteiger partial charge >= 0.3 is 0 Å².